The molecule has 3 heteroatoms. The van der Waals surface area contributed by atoms with Crippen LogP contribution in [0.1, 0.15) is 42.4 Å². The van der Waals surface area contributed by atoms with Crippen molar-refractivity contribution in [2.24, 2.45) is 4.99 Å². The topological polar surface area (TPSA) is 37.3 Å². The Kier molecular flexibility index (Phi) is 4.24. The van der Waals surface area contributed by atoms with Gasteiger partial charge in [-0.05, 0) is 60.6 Å². The van der Waals surface area contributed by atoms with Crippen LogP contribution in [-0.4, -0.2) is 11.2 Å². The summed E-state index contributed by atoms with van der Waals surface area (Å²) in [5, 5.41) is 3.40. The van der Waals surface area contributed by atoms with Crippen LogP contribution in [0.4, 0.5) is 5.69 Å². The maximum Gasteiger partial charge on any atom is 0.0607 e. The minimum absolute atomic E-state index is 0.781. The number of fused-ring (bicyclic) bond motifs is 1. The van der Waals surface area contributed by atoms with Crippen molar-refractivity contribution in [3.63, 3.8) is 0 Å². The van der Waals surface area contributed by atoms with Crippen LogP contribution in [0.25, 0.3) is 5.57 Å². The fourth-order valence-electron chi connectivity index (χ4n) is 3.26. The molecule has 24 heavy (non-hydrogen) atoms. The average Bonchev–Trinajstić information content (AvgIpc) is 2.85. The van der Waals surface area contributed by atoms with Crippen molar-refractivity contribution in [1.29, 1.82) is 0 Å². The van der Waals surface area contributed by atoms with E-state index in [2.05, 4.69) is 45.6 Å². The van der Waals surface area contributed by atoms with E-state index in [-0.39, 0.29) is 0 Å². The van der Waals surface area contributed by atoms with Crippen molar-refractivity contribution in [1.82, 2.24) is 4.98 Å². The quantitative estimate of drug-likeness (QED) is 0.868. The summed E-state index contributed by atoms with van der Waals surface area (Å²) in [6.07, 6.45) is 15.8. The van der Waals surface area contributed by atoms with E-state index in [0.717, 1.165) is 23.4 Å². The number of hydrogen-bond donors (Lipinski definition) is 1. The van der Waals surface area contributed by atoms with Crippen molar-refractivity contribution >= 4 is 17.5 Å². The van der Waals surface area contributed by atoms with Crippen LogP contribution in [0.3, 0.4) is 0 Å². The lowest BCUT2D eigenvalue weighted by atomic mass is 9.92. The fraction of sp³-hybridized carbons (Fsp3) is 0.238. The summed E-state index contributed by atoms with van der Waals surface area (Å²) in [7, 11) is 0. The summed E-state index contributed by atoms with van der Waals surface area (Å²) in [5.74, 6) is 0. The van der Waals surface area contributed by atoms with Gasteiger partial charge in [-0.1, -0.05) is 18.2 Å². The molecule has 0 radical (unpaired) electrons. The van der Waals surface area contributed by atoms with Gasteiger partial charge in [0.15, 0.2) is 0 Å². The zero-order valence-electron chi connectivity index (χ0n) is 13.7. The number of pyridine rings is 1. The molecule has 1 aromatic heterocycles. The fourth-order valence-corrected chi connectivity index (χ4v) is 3.26. The average molecular weight is 315 g/mol. The predicted molar refractivity (Wildman–Crippen MR) is 100 cm³/mol. The van der Waals surface area contributed by atoms with Gasteiger partial charge in [0, 0.05) is 42.5 Å². The van der Waals surface area contributed by atoms with Gasteiger partial charge in [0.25, 0.3) is 0 Å². The lowest BCUT2D eigenvalue weighted by molar-refractivity contribution is 0.742. The molecule has 1 aromatic carbocycles. The molecule has 1 aliphatic heterocycles. The van der Waals surface area contributed by atoms with Crippen molar-refractivity contribution in [3.05, 3.63) is 77.4 Å². The van der Waals surface area contributed by atoms with Gasteiger partial charge in [0.2, 0.25) is 0 Å². The van der Waals surface area contributed by atoms with E-state index >= 15 is 0 Å². The molecule has 120 valence electrons. The third-order valence-electron chi connectivity index (χ3n) is 4.59. The zero-order valence-corrected chi connectivity index (χ0v) is 13.7. The van der Waals surface area contributed by atoms with Crippen LogP contribution in [0.2, 0.25) is 0 Å². The molecule has 1 aliphatic carbocycles. The Bertz CT molecular complexity index is 816. The van der Waals surface area contributed by atoms with Crippen LogP contribution in [0.5, 0.6) is 0 Å². The van der Waals surface area contributed by atoms with E-state index < -0.39 is 0 Å². The largest absolute Gasteiger partial charge is 0.359 e. The number of aromatic nitrogens is 1. The number of anilines is 1. The highest BCUT2D eigenvalue weighted by molar-refractivity contribution is 5.91. The SMILES string of the molecule is C1=NC(Cc2cccnc2)=CNc2ccc(C3=CCCCC3)cc21. The number of aliphatic imine (C=N–C) groups is 1. The van der Waals surface area contributed by atoms with Crippen LogP contribution < -0.4 is 5.32 Å². The lowest BCUT2D eigenvalue weighted by Gasteiger charge is -2.14. The minimum atomic E-state index is 0.781. The number of benzene rings is 1. The van der Waals surface area contributed by atoms with Gasteiger partial charge in [-0.3, -0.25) is 9.98 Å². The van der Waals surface area contributed by atoms with Crippen molar-refractivity contribution in [2.75, 3.05) is 5.32 Å². The predicted octanol–water partition coefficient (Wildman–Crippen LogP) is 4.97. The van der Waals surface area contributed by atoms with Gasteiger partial charge in [-0.25, -0.2) is 0 Å². The molecule has 4 rings (SSSR count). The molecule has 2 aliphatic rings. The van der Waals surface area contributed by atoms with E-state index in [1.165, 1.54) is 42.4 Å². The van der Waals surface area contributed by atoms with E-state index in [9.17, 15) is 0 Å². The third-order valence-corrected chi connectivity index (χ3v) is 4.59. The monoisotopic (exact) mass is 315 g/mol. The molecule has 3 nitrogen and oxygen atoms in total. The molecule has 0 fully saturated rings. The van der Waals surface area contributed by atoms with Crippen LogP contribution in [0, 0.1) is 0 Å². The number of allylic oxidation sites excluding steroid dienone is 3. The van der Waals surface area contributed by atoms with Gasteiger partial charge < -0.3 is 5.32 Å². The maximum absolute atomic E-state index is 4.67. The Hall–Kier alpha value is -2.68. The molecular formula is C21H21N3. The molecule has 2 heterocycles. The Morgan fingerprint density at radius 2 is 2.12 bits per heavy atom. The second kappa shape index (κ2) is 6.83. The molecule has 1 N–H and O–H groups in total. The molecule has 0 amide bonds. The molecule has 0 saturated heterocycles. The lowest BCUT2D eigenvalue weighted by Crippen LogP contribution is -1.96. The molecule has 0 unspecified atom stereocenters. The van der Waals surface area contributed by atoms with E-state index in [0.29, 0.717) is 0 Å². The number of hydrogen-bond acceptors (Lipinski definition) is 3. The smallest absolute Gasteiger partial charge is 0.0607 e. The summed E-state index contributed by atoms with van der Waals surface area (Å²) < 4.78 is 0. The summed E-state index contributed by atoms with van der Waals surface area (Å²) in [4.78, 5) is 8.84. The summed E-state index contributed by atoms with van der Waals surface area (Å²) in [6, 6.07) is 10.7. The Morgan fingerprint density at radius 1 is 1.12 bits per heavy atom. The maximum atomic E-state index is 4.67. The molecule has 0 saturated carbocycles. The van der Waals surface area contributed by atoms with Crippen LogP contribution in [0.15, 0.2) is 65.7 Å². The first-order valence-electron chi connectivity index (χ1n) is 8.60. The highest BCUT2D eigenvalue weighted by atomic mass is 14.9. The van der Waals surface area contributed by atoms with Gasteiger partial charge in [-0.2, -0.15) is 0 Å². The first-order valence-corrected chi connectivity index (χ1v) is 8.60. The molecule has 2 aromatic rings. The highest BCUT2D eigenvalue weighted by Crippen LogP contribution is 2.29. The molecule has 0 bridgehead atoms. The molecular weight excluding hydrogens is 294 g/mol. The van der Waals surface area contributed by atoms with Gasteiger partial charge in [-0.15, -0.1) is 0 Å². The number of rotatable bonds is 3. The van der Waals surface area contributed by atoms with E-state index in [4.69, 9.17) is 0 Å². The van der Waals surface area contributed by atoms with E-state index in [1.54, 1.807) is 6.20 Å². The molecule has 0 spiro atoms. The third kappa shape index (κ3) is 3.30. The second-order valence-corrected chi connectivity index (χ2v) is 6.35. The highest BCUT2D eigenvalue weighted by Gasteiger charge is 2.10. The molecule has 0 atom stereocenters. The minimum Gasteiger partial charge on any atom is -0.359 e. The first kappa shape index (κ1) is 14.9. The second-order valence-electron chi connectivity index (χ2n) is 6.35. The van der Waals surface area contributed by atoms with Crippen molar-refractivity contribution < 1.29 is 0 Å². The van der Waals surface area contributed by atoms with Crippen molar-refractivity contribution in [2.45, 2.75) is 32.1 Å². The van der Waals surface area contributed by atoms with Crippen molar-refractivity contribution in [3.8, 4) is 0 Å². The van der Waals surface area contributed by atoms with Gasteiger partial charge in [0.05, 0.1) is 5.70 Å². The standard InChI is InChI=1S/C21H21N3/c1-2-6-17(7-3-1)18-8-9-21-19(12-18)14-23-20(15-24-21)11-16-5-4-10-22-13-16/h4-6,8-10,12-15,24H,1-3,7,11H2. The van der Waals surface area contributed by atoms with Crippen LogP contribution >= 0.6 is 0 Å². The summed E-state index contributed by atoms with van der Waals surface area (Å²) >= 11 is 0. The van der Waals surface area contributed by atoms with Gasteiger partial charge >= 0.3 is 0 Å². The summed E-state index contributed by atoms with van der Waals surface area (Å²) in [5.41, 5.74) is 7.25. The zero-order chi connectivity index (χ0) is 16.2. The van der Waals surface area contributed by atoms with E-state index in [1.807, 2.05) is 24.7 Å². The Labute approximate surface area is 142 Å². The Morgan fingerprint density at radius 3 is 2.96 bits per heavy atom. The Balaban J connectivity index is 1.56. The van der Waals surface area contributed by atoms with Gasteiger partial charge in [0.1, 0.15) is 0 Å². The normalized spacial score (nSPS) is 16.5. The first-order chi connectivity index (χ1) is 11.9. The number of nitrogens with one attached hydrogen (secondary N) is 1. The van der Waals surface area contributed by atoms with Crippen LogP contribution in [-0.2, 0) is 6.42 Å². The number of nitrogens with zero attached hydrogens (tertiary/aromatic N) is 2. The summed E-state index contributed by atoms with van der Waals surface area (Å²) in [6.45, 7) is 0.